The standard InChI is InChI=1S/C29H33O16P/c1-11-38-9-20-27(42-11)23(30)24(31)29(43-20)44-25-14-7-17-16(40-10-41-17)6-13(14)21(22-15(25)8-39-28(22)32)12-4-18(36-2)26(19(5-12)37-3)45-46(33,34)35/h4-7,11,15,20-25,27,29-31H,8-10H2,1-3H3,(H2,33,34,35)/t11-,15+,20-,21-,22+,23-,24-,25-,27-,29+/m1/s1/i8D2,10D2,21D. The maximum Gasteiger partial charge on any atom is 0.525 e. The van der Waals surface area contributed by atoms with E-state index in [0.717, 1.165) is 26.4 Å². The fourth-order valence-electron chi connectivity index (χ4n) is 6.31. The number of esters is 1. The van der Waals surface area contributed by atoms with Crippen LogP contribution in [0.25, 0.3) is 0 Å². The highest BCUT2D eigenvalue weighted by atomic mass is 31.2. The second-order valence-electron chi connectivity index (χ2n) is 11.0. The Morgan fingerprint density at radius 1 is 0.978 bits per heavy atom. The Hall–Kier alpha value is -3.18. The number of methoxy groups -OCH3 is 2. The smallest absolute Gasteiger partial charge is 0.493 e. The average molecular weight is 674 g/mol. The van der Waals surface area contributed by atoms with Crippen molar-refractivity contribution in [2.45, 2.75) is 55.9 Å². The van der Waals surface area contributed by atoms with Gasteiger partial charge in [0.15, 0.2) is 35.6 Å². The van der Waals surface area contributed by atoms with Crippen molar-refractivity contribution in [2.75, 3.05) is 34.1 Å². The van der Waals surface area contributed by atoms with Crippen molar-refractivity contribution < 1.29 is 83.4 Å². The molecule has 2 aromatic rings. The lowest BCUT2D eigenvalue weighted by Gasteiger charge is -2.47. The molecule has 0 spiro atoms. The summed E-state index contributed by atoms with van der Waals surface area (Å²) >= 11 is 0. The Morgan fingerprint density at radius 3 is 2.30 bits per heavy atom. The number of aliphatic hydroxyl groups excluding tert-OH is 2. The summed E-state index contributed by atoms with van der Waals surface area (Å²) in [5.41, 5.74) is -0.296. The van der Waals surface area contributed by atoms with E-state index in [4.69, 9.17) is 52.6 Å². The van der Waals surface area contributed by atoms with E-state index in [1.165, 1.54) is 12.1 Å². The van der Waals surface area contributed by atoms with E-state index < -0.39 is 93.7 Å². The van der Waals surface area contributed by atoms with Crippen molar-refractivity contribution in [2.24, 2.45) is 11.8 Å². The van der Waals surface area contributed by atoms with Crippen LogP contribution in [0.4, 0.5) is 0 Å². The van der Waals surface area contributed by atoms with Crippen LogP contribution < -0.4 is 23.5 Å². The fourth-order valence-corrected chi connectivity index (χ4v) is 6.72. The largest absolute Gasteiger partial charge is 0.525 e. The van der Waals surface area contributed by atoms with E-state index in [-0.39, 0.29) is 46.3 Å². The van der Waals surface area contributed by atoms with Gasteiger partial charge < -0.3 is 57.4 Å². The zero-order chi connectivity index (χ0) is 37.0. The molecular weight excluding hydrogens is 635 g/mol. The highest BCUT2D eigenvalue weighted by Crippen LogP contribution is 2.57. The summed E-state index contributed by atoms with van der Waals surface area (Å²) in [5.74, 6) is -8.62. The monoisotopic (exact) mass is 673 g/mol. The predicted octanol–water partition coefficient (Wildman–Crippen LogP) is 1.10. The lowest BCUT2D eigenvalue weighted by atomic mass is 9.66. The molecule has 4 heterocycles. The van der Waals surface area contributed by atoms with Gasteiger partial charge in [-0.3, -0.25) is 14.6 Å². The summed E-state index contributed by atoms with van der Waals surface area (Å²) in [5, 5.41) is 22.1. The quantitative estimate of drug-likeness (QED) is 0.240. The van der Waals surface area contributed by atoms with Gasteiger partial charge in [0.2, 0.25) is 12.5 Å². The van der Waals surface area contributed by atoms with E-state index in [2.05, 4.69) is 0 Å². The van der Waals surface area contributed by atoms with Crippen LogP contribution in [0.5, 0.6) is 28.7 Å². The van der Waals surface area contributed by atoms with Crippen LogP contribution in [0.15, 0.2) is 24.3 Å². The van der Waals surface area contributed by atoms with Crippen LogP contribution >= 0.6 is 7.82 Å². The summed E-state index contributed by atoms with van der Waals surface area (Å²) in [6.45, 7) is -3.96. The van der Waals surface area contributed by atoms with Crippen LogP contribution in [0.3, 0.4) is 0 Å². The van der Waals surface area contributed by atoms with Crippen molar-refractivity contribution >= 4 is 13.8 Å². The van der Waals surface area contributed by atoms with Gasteiger partial charge in [-0.25, -0.2) is 4.57 Å². The highest BCUT2D eigenvalue weighted by Gasteiger charge is 2.56. The first-order valence-corrected chi connectivity index (χ1v) is 15.6. The van der Waals surface area contributed by atoms with Crippen LogP contribution in [-0.2, 0) is 33.0 Å². The molecular formula is C29H33O16P. The number of carbonyl (C=O) groups excluding carboxylic acids is 1. The van der Waals surface area contributed by atoms with Gasteiger partial charge in [0.05, 0.1) is 42.1 Å². The first-order chi connectivity index (χ1) is 23.8. The zero-order valence-corrected chi connectivity index (χ0v) is 25.2. The highest BCUT2D eigenvalue weighted by molar-refractivity contribution is 7.46. The molecule has 0 amide bonds. The number of carbonyl (C=O) groups is 1. The molecule has 16 nitrogen and oxygen atoms in total. The average Bonchev–Trinajstić information content (AvgIpc) is 3.49. The summed E-state index contributed by atoms with van der Waals surface area (Å²) in [7, 11) is -2.89. The van der Waals surface area contributed by atoms with Crippen LogP contribution in [-0.4, -0.2) is 97.1 Å². The molecule has 1 aliphatic carbocycles. The first kappa shape index (κ1) is 25.9. The Bertz CT molecular complexity index is 1770. The van der Waals surface area contributed by atoms with Crippen molar-refractivity contribution in [3.63, 3.8) is 0 Å². The molecule has 10 atom stereocenters. The van der Waals surface area contributed by atoms with Gasteiger partial charge in [0.1, 0.15) is 27.2 Å². The topological polar surface area (TPSA) is 207 Å². The number of hydrogen-bond donors (Lipinski definition) is 4. The van der Waals surface area contributed by atoms with Gasteiger partial charge in [-0.2, -0.15) is 0 Å². The van der Waals surface area contributed by atoms with Gasteiger partial charge in [-0.1, -0.05) is 0 Å². The second kappa shape index (κ2) is 11.8. The van der Waals surface area contributed by atoms with Gasteiger partial charge in [-0.05, 0) is 47.9 Å². The maximum absolute atomic E-state index is 13.8. The molecule has 3 fully saturated rings. The molecule has 0 saturated carbocycles. The second-order valence-corrected chi connectivity index (χ2v) is 12.2. The predicted molar refractivity (Wildman–Crippen MR) is 149 cm³/mol. The number of hydrogen-bond acceptors (Lipinski definition) is 14. The number of cyclic esters (lactones) is 1. The Balaban J connectivity index is 1.42. The van der Waals surface area contributed by atoms with Crippen LogP contribution in [0.2, 0.25) is 0 Å². The van der Waals surface area contributed by atoms with E-state index >= 15 is 0 Å². The minimum absolute atomic E-state index is 0.0425. The number of benzene rings is 2. The van der Waals surface area contributed by atoms with E-state index in [1.807, 2.05) is 0 Å². The number of phosphoric acid groups is 1. The van der Waals surface area contributed by atoms with Crippen molar-refractivity contribution in [1.82, 2.24) is 0 Å². The molecule has 4 aliphatic heterocycles. The molecule has 250 valence electrons. The van der Waals surface area contributed by atoms with Crippen LogP contribution in [0.1, 0.15) is 42.5 Å². The van der Waals surface area contributed by atoms with E-state index in [9.17, 15) is 30.7 Å². The van der Waals surface area contributed by atoms with E-state index in [1.54, 1.807) is 6.92 Å². The Morgan fingerprint density at radius 2 is 1.65 bits per heavy atom. The minimum Gasteiger partial charge on any atom is -0.493 e. The third-order valence-corrected chi connectivity index (χ3v) is 8.73. The molecule has 7 rings (SSSR count). The third-order valence-electron chi connectivity index (χ3n) is 8.31. The normalized spacial score (nSPS) is 40.0. The van der Waals surface area contributed by atoms with Crippen molar-refractivity contribution in [3.05, 3.63) is 41.0 Å². The zero-order valence-electron chi connectivity index (χ0n) is 29.3. The maximum atomic E-state index is 13.8. The lowest BCUT2D eigenvalue weighted by molar-refractivity contribution is -0.364. The SMILES string of the molecule is [2H]C1([2H])Oc2cc3c(cc2O1)[C@@]([2H])(c1cc(OC)c(OP(=O)(O)O)c(OC)c1)[C@H]1C(=O)OC([2H])([2H])[C@@H]1[C@@H]3O[C@@H]1O[C@@H]2CO[C@@H](C)O[C@H]2[C@H](O)[C@H]1O. The minimum atomic E-state index is -5.18. The molecule has 3 saturated heterocycles. The molecule has 4 N–H and O–H groups in total. The number of phosphoric ester groups is 1. The summed E-state index contributed by atoms with van der Waals surface area (Å²) in [6, 6.07) is 4.73. The Kier molecular flexibility index (Phi) is 6.64. The third kappa shape index (κ3) is 5.37. The van der Waals surface area contributed by atoms with Gasteiger partial charge in [0, 0.05) is 13.2 Å². The summed E-state index contributed by atoms with van der Waals surface area (Å²) < 4.78 is 110. The van der Waals surface area contributed by atoms with Gasteiger partial charge in [-0.15, -0.1) is 0 Å². The number of ether oxygens (including phenoxy) is 9. The summed E-state index contributed by atoms with van der Waals surface area (Å²) in [4.78, 5) is 32.9. The van der Waals surface area contributed by atoms with Crippen molar-refractivity contribution in [3.8, 4) is 28.7 Å². The number of rotatable bonds is 7. The molecule has 2 aromatic carbocycles. The molecule has 0 unspecified atom stereocenters. The Labute approximate surface area is 269 Å². The lowest BCUT2D eigenvalue weighted by Crippen LogP contribution is -2.63. The molecule has 17 heteroatoms. The number of fused-ring (bicyclic) bond motifs is 4. The first-order valence-electron chi connectivity index (χ1n) is 16.5. The molecule has 46 heavy (non-hydrogen) atoms. The molecule has 5 aliphatic rings. The molecule has 0 radical (unpaired) electrons. The van der Waals surface area contributed by atoms with Crippen LogP contribution in [0, 0.1) is 11.8 Å². The fraction of sp³-hybridized carbons (Fsp3) is 0.552. The summed E-state index contributed by atoms with van der Waals surface area (Å²) in [6.07, 6.45) is -9.23. The molecule has 0 bridgehead atoms. The van der Waals surface area contributed by atoms with Gasteiger partial charge in [0.25, 0.3) is 0 Å². The van der Waals surface area contributed by atoms with E-state index in [0.29, 0.717) is 0 Å². The number of aliphatic hydroxyl groups is 2. The van der Waals surface area contributed by atoms with Crippen molar-refractivity contribution in [1.29, 1.82) is 0 Å². The van der Waals surface area contributed by atoms with Gasteiger partial charge >= 0.3 is 13.8 Å². The molecule has 0 aromatic heterocycles.